The average molecular weight is 535 g/mol. The number of rotatable bonds is 7. The fourth-order valence-corrected chi connectivity index (χ4v) is 5.52. The minimum atomic E-state index is -0.919. The molecule has 0 spiro atoms. The topological polar surface area (TPSA) is 89.0 Å². The fourth-order valence-electron chi connectivity index (χ4n) is 4.31. The molecule has 4 aromatic rings. The van der Waals surface area contributed by atoms with Crippen LogP contribution in [0.15, 0.2) is 72.3 Å². The van der Waals surface area contributed by atoms with Crippen molar-refractivity contribution in [1.29, 1.82) is 0 Å². The zero-order chi connectivity index (χ0) is 26.1. The van der Waals surface area contributed by atoms with Gasteiger partial charge in [0, 0.05) is 10.6 Å². The Morgan fingerprint density at radius 2 is 1.70 bits per heavy atom. The predicted octanol–water partition coefficient (Wildman–Crippen LogP) is 6.37. The van der Waals surface area contributed by atoms with E-state index in [4.69, 9.17) is 21.1 Å². The Morgan fingerprint density at radius 3 is 2.41 bits per heavy atom. The van der Waals surface area contributed by atoms with Crippen molar-refractivity contribution < 1.29 is 24.2 Å². The highest BCUT2D eigenvalue weighted by Crippen LogP contribution is 2.45. The number of amides is 1. The van der Waals surface area contributed by atoms with Crippen LogP contribution < -0.4 is 14.4 Å². The molecule has 0 radical (unpaired) electrons. The van der Waals surface area contributed by atoms with Gasteiger partial charge in [0.05, 0.1) is 35.0 Å². The predicted molar refractivity (Wildman–Crippen MR) is 145 cm³/mol. The first-order valence-corrected chi connectivity index (χ1v) is 12.9. The molecule has 9 heteroatoms. The molecule has 0 bridgehead atoms. The van der Waals surface area contributed by atoms with Gasteiger partial charge in [0.2, 0.25) is 0 Å². The van der Waals surface area contributed by atoms with Gasteiger partial charge in [-0.2, -0.15) is 0 Å². The third-order valence-corrected chi connectivity index (χ3v) is 7.17. The molecule has 5 rings (SSSR count). The van der Waals surface area contributed by atoms with E-state index in [1.807, 2.05) is 32.0 Å². The standard InChI is InChI=1S/C28H23ClN2O5S/c1-3-35-19-10-8-16(9-11-19)25(32)23-24(17-6-5-7-18(29)14-17)31(27(34)26(23)33)28-30-21-13-12-20(36-4-2)15-22(21)37-28/h5-15,24,32H,3-4H2,1-2H3. The van der Waals surface area contributed by atoms with Crippen LogP contribution in [-0.2, 0) is 9.59 Å². The highest BCUT2D eigenvalue weighted by molar-refractivity contribution is 7.22. The number of hydrogen-bond acceptors (Lipinski definition) is 7. The molecule has 1 saturated heterocycles. The minimum Gasteiger partial charge on any atom is -0.507 e. The van der Waals surface area contributed by atoms with E-state index in [1.165, 1.54) is 16.2 Å². The van der Waals surface area contributed by atoms with Crippen molar-refractivity contribution >= 4 is 55.7 Å². The summed E-state index contributed by atoms with van der Waals surface area (Å²) in [6.07, 6.45) is 0. The van der Waals surface area contributed by atoms with Gasteiger partial charge in [-0.25, -0.2) is 4.98 Å². The van der Waals surface area contributed by atoms with Crippen molar-refractivity contribution in [2.45, 2.75) is 19.9 Å². The number of Topliss-reactive ketones (excluding diaryl/α,β-unsaturated/α-hetero) is 1. The lowest BCUT2D eigenvalue weighted by atomic mass is 9.95. The molecule has 1 amide bonds. The van der Waals surface area contributed by atoms with Crippen LogP contribution in [0.1, 0.15) is 31.0 Å². The van der Waals surface area contributed by atoms with Crippen molar-refractivity contribution in [2.75, 3.05) is 18.1 Å². The van der Waals surface area contributed by atoms with Gasteiger partial charge in [-0.15, -0.1) is 0 Å². The molecule has 1 aliphatic heterocycles. The van der Waals surface area contributed by atoms with E-state index in [0.717, 1.165) is 4.70 Å². The summed E-state index contributed by atoms with van der Waals surface area (Å²) in [5.41, 5.74) is 1.60. The molecule has 1 N–H and O–H groups in total. The van der Waals surface area contributed by atoms with Crippen molar-refractivity contribution in [1.82, 2.24) is 4.98 Å². The number of carbonyl (C=O) groups is 2. The molecule has 0 saturated carbocycles. The van der Waals surface area contributed by atoms with Crippen LogP contribution in [0, 0.1) is 0 Å². The number of hydrogen-bond donors (Lipinski definition) is 1. The van der Waals surface area contributed by atoms with Crippen molar-refractivity contribution in [3.63, 3.8) is 0 Å². The summed E-state index contributed by atoms with van der Waals surface area (Å²) in [5, 5.41) is 12.1. The van der Waals surface area contributed by atoms with Gasteiger partial charge in [0.1, 0.15) is 17.3 Å². The zero-order valence-electron chi connectivity index (χ0n) is 20.1. The number of nitrogens with zero attached hydrogens (tertiary/aromatic N) is 2. The largest absolute Gasteiger partial charge is 0.507 e. The summed E-state index contributed by atoms with van der Waals surface area (Å²) >= 11 is 7.55. The van der Waals surface area contributed by atoms with Gasteiger partial charge in [0.25, 0.3) is 5.78 Å². The molecule has 2 heterocycles. The number of anilines is 1. The molecule has 1 aromatic heterocycles. The summed E-state index contributed by atoms with van der Waals surface area (Å²) in [4.78, 5) is 32.8. The SMILES string of the molecule is CCOc1ccc(C(O)=C2C(=O)C(=O)N(c3nc4ccc(OCC)cc4s3)C2c2cccc(Cl)c2)cc1. The van der Waals surface area contributed by atoms with Gasteiger partial charge in [-0.05, 0) is 74.0 Å². The summed E-state index contributed by atoms with van der Waals surface area (Å²) in [6, 6.07) is 18.1. The van der Waals surface area contributed by atoms with Gasteiger partial charge < -0.3 is 14.6 Å². The van der Waals surface area contributed by atoms with E-state index < -0.39 is 17.7 Å². The second kappa shape index (κ2) is 10.2. The molecule has 1 aliphatic rings. The summed E-state index contributed by atoms with van der Waals surface area (Å²) < 4.78 is 11.9. The van der Waals surface area contributed by atoms with E-state index in [9.17, 15) is 14.7 Å². The van der Waals surface area contributed by atoms with Gasteiger partial charge in [0.15, 0.2) is 5.13 Å². The molecule has 0 aliphatic carbocycles. The molecule has 1 atom stereocenters. The summed E-state index contributed by atoms with van der Waals surface area (Å²) in [6.45, 7) is 4.79. The highest BCUT2D eigenvalue weighted by Gasteiger charge is 2.48. The zero-order valence-corrected chi connectivity index (χ0v) is 21.7. The Labute approximate surface area is 222 Å². The molecule has 3 aromatic carbocycles. The lowest BCUT2D eigenvalue weighted by Crippen LogP contribution is -2.29. The van der Waals surface area contributed by atoms with Gasteiger partial charge in [-0.1, -0.05) is 35.1 Å². The molecular formula is C28H23ClN2O5S. The van der Waals surface area contributed by atoms with Crippen LogP contribution in [0.4, 0.5) is 5.13 Å². The first-order valence-electron chi connectivity index (χ1n) is 11.7. The van der Waals surface area contributed by atoms with E-state index in [-0.39, 0.29) is 11.3 Å². The van der Waals surface area contributed by atoms with Crippen molar-refractivity contribution in [2.24, 2.45) is 0 Å². The number of halogens is 1. The number of thiazole rings is 1. The second-order valence-electron chi connectivity index (χ2n) is 8.24. The van der Waals surface area contributed by atoms with Gasteiger partial charge >= 0.3 is 5.91 Å². The lowest BCUT2D eigenvalue weighted by molar-refractivity contribution is -0.132. The molecular weight excluding hydrogens is 512 g/mol. The molecule has 188 valence electrons. The van der Waals surface area contributed by atoms with E-state index >= 15 is 0 Å². The van der Waals surface area contributed by atoms with E-state index in [0.29, 0.717) is 51.5 Å². The quantitative estimate of drug-likeness (QED) is 0.168. The average Bonchev–Trinajstić information content (AvgIpc) is 3.42. The van der Waals surface area contributed by atoms with Crippen LogP contribution >= 0.6 is 22.9 Å². The maximum atomic E-state index is 13.4. The van der Waals surface area contributed by atoms with Crippen LogP contribution in [0.2, 0.25) is 5.02 Å². The number of aliphatic hydroxyl groups is 1. The Bertz CT molecular complexity index is 1530. The van der Waals surface area contributed by atoms with Crippen LogP contribution in [0.3, 0.4) is 0 Å². The van der Waals surface area contributed by atoms with E-state index in [1.54, 1.807) is 48.5 Å². The van der Waals surface area contributed by atoms with Crippen LogP contribution in [0.5, 0.6) is 11.5 Å². The number of benzene rings is 3. The maximum Gasteiger partial charge on any atom is 0.301 e. The smallest absolute Gasteiger partial charge is 0.301 e. The number of carbonyl (C=O) groups excluding carboxylic acids is 2. The van der Waals surface area contributed by atoms with Crippen LogP contribution in [-0.4, -0.2) is 35.0 Å². The highest BCUT2D eigenvalue weighted by atomic mass is 35.5. The first kappa shape index (κ1) is 24.8. The van der Waals surface area contributed by atoms with Crippen molar-refractivity contribution in [3.8, 4) is 11.5 Å². The molecule has 7 nitrogen and oxygen atoms in total. The number of ether oxygens (including phenoxy) is 2. The number of ketones is 1. The second-order valence-corrected chi connectivity index (χ2v) is 9.69. The Hall–Kier alpha value is -3.88. The minimum absolute atomic E-state index is 0.0364. The van der Waals surface area contributed by atoms with Crippen molar-refractivity contribution in [3.05, 3.63) is 88.5 Å². The maximum absolute atomic E-state index is 13.4. The molecule has 1 unspecified atom stereocenters. The fraction of sp³-hybridized carbons (Fsp3) is 0.179. The Kier molecular flexibility index (Phi) is 6.86. The normalized spacial score (nSPS) is 16.9. The molecule has 1 fully saturated rings. The number of fused-ring (bicyclic) bond motifs is 1. The third-order valence-electron chi connectivity index (χ3n) is 5.91. The third kappa shape index (κ3) is 4.65. The Morgan fingerprint density at radius 1 is 1.00 bits per heavy atom. The molecule has 37 heavy (non-hydrogen) atoms. The summed E-state index contributed by atoms with van der Waals surface area (Å²) in [5.74, 6) is -0.540. The monoisotopic (exact) mass is 534 g/mol. The lowest BCUT2D eigenvalue weighted by Gasteiger charge is -2.23. The summed E-state index contributed by atoms with van der Waals surface area (Å²) in [7, 11) is 0. The van der Waals surface area contributed by atoms with Gasteiger partial charge in [-0.3, -0.25) is 14.5 Å². The van der Waals surface area contributed by atoms with E-state index in [2.05, 4.69) is 4.98 Å². The van der Waals surface area contributed by atoms with Crippen LogP contribution in [0.25, 0.3) is 16.0 Å². The first-order chi connectivity index (χ1) is 17.9. The number of aromatic nitrogens is 1. The number of aliphatic hydroxyl groups excluding tert-OH is 1. The Balaban J connectivity index is 1.66.